The maximum absolute atomic E-state index is 12.5. The van der Waals surface area contributed by atoms with Crippen molar-refractivity contribution in [3.63, 3.8) is 0 Å². The first kappa shape index (κ1) is 13.7. The van der Waals surface area contributed by atoms with Crippen molar-refractivity contribution in [3.8, 4) is 0 Å². The molecule has 114 valence electrons. The highest BCUT2D eigenvalue weighted by atomic mass is 16.5. The molecule has 1 heterocycles. The van der Waals surface area contributed by atoms with E-state index in [2.05, 4.69) is 12.2 Å². The molecule has 3 aliphatic rings. The van der Waals surface area contributed by atoms with Crippen LogP contribution in [-0.4, -0.2) is 29.9 Å². The number of nitrogens with zero attached hydrogens (tertiary/aromatic N) is 1. The second kappa shape index (κ2) is 5.36. The van der Waals surface area contributed by atoms with E-state index in [1.807, 2.05) is 30.3 Å². The first-order valence-corrected chi connectivity index (χ1v) is 7.91. The van der Waals surface area contributed by atoms with Crippen LogP contribution in [0.1, 0.15) is 12.0 Å². The van der Waals surface area contributed by atoms with Crippen LogP contribution in [0.3, 0.4) is 0 Å². The summed E-state index contributed by atoms with van der Waals surface area (Å²) in [7, 11) is 0. The van der Waals surface area contributed by atoms with Gasteiger partial charge in [0.15, 0.2) is 0 Å². The molecule has 2 aliphatic carbocycles. The summed E-state index contributed by atoms with van der Waals surface area (Å²) in [5.41, 5.74) is 1.10. The Morgan fingerprint density at radius 2 is 1.64 bits per heavy atom. The highest BCUT2D eigenvalue weighted by Crippen LogP contribution is 2.52. The number of rotatable bonds is 5. The van der Waals surface area contributed by atoms with Crippen molar-refractivity contribution >= 4 is 11.8 Å². The van der Waals surface area contributed by atoms with Gasteiger partial charge in [-0.15, -0.1) is 0 Å². The van der Waals surface area contributed by atoms with Crippen molar-refractivity contribution in [1.82, 2.24) is 4.90 Å². The van der Waals surface area contributed by atoms with Gasteiger partial charge in [-0.25, -0.2) is 0 Å². The maximum Gasteiger partial charge on any atom is 0.233 e. The third-order valence-corrected chi connectivity index (χ3v) is 5.13. The molecule has 1 aromatic rings. The molecular formula is C18H19NO3. The standard InChI is InChI=1S/C18H19NO3/c20-17-15-13-6-7-14(10-13)16(15)18(21)19(17)8-9-22-11-12-4-2-1-3-5-12/h1-7,13-16H,8-11H2. The Bertz CT molecular complexity index is 594. The molecule has 2 amide bonds. The SMILES string of the molecule is O=C1C2C3C=CC(C3)C2C(=O)N1CCOCc1ccccc1. The van der Waals surface area contributed by atoms with E-state index in [-0.39, 0.29) is 35.5 Å². The lowest BCUT2D eigenvalue weighted by Crippen LogP contribution is -2.35. The number of imide groups is 1. The highest BCUT2D eigenvalue weighted by Gasteiger charge is 2.58. The van der Waals surface area contributed by atoms with Crippen LogP contribution in [0.5, 0.6) is 0 Å². The van der Waals surface area contributed by atoms with Gasteiger partial charge in [0.2, 0.25) is 11.8 Å². The van der Waals surface area contributed by atoms with Gasteiger partial charge in [0.05, 0.1) is 31.6 Å². The highest BCUT2D eigenvalue weighted by molar-refractivity contribution is 6.06. The quantitative estimate of drug-likeness (QED) is 0.474. The number of carbonyl (C=O) groups is 2. The maximum atomic E-state index is 12.5. The lowest BCUT2D eigenvalue weighted by Gasteiger charge is -2.17. The molecule has 4 atom stereocenters. The predicted molar refractivity (Wildman–Crippen MR) is 80.5 cm³/mol. The van der Waals surface area contributed by atoms with Crippen LogP contribution < -0.4 is 0 Å². The minimum Gasteiger partial charge on any atom is -0.375 e. The normalized spacial score (nSPS) is 32.1. The molecule has 2 fully saturated rings. The molecule has 0 aromatic heterocycles. The van der Waals surface area contributed by atoms with Crippen molar-refractivity contribution < 1.29 is 14.3 Å². The molecule has 0 radical (unpaired) electrons. The van der Waals surface area contributed by atoms with Crippen LogP contribution >= 0.6 is 0 Å². The van der Waals surface area contributed by atoms with Crippen molar-refractivity contribution in [2.45, 2.75) is 13.0 Å². The number of hydrogen-bond donors (Lipinski definition) is 0. The largest absolute Gasteiger partial charge is 0.375 e. The van der Waals surface area contributed by atoms with Gasteiger partial charge in [-0.1, -0.05) is 42.5 Å². The molecule has 1 saturated carbocycles. The third kappa shape index (κ3) is 2.10. The smallest absolute Gasteiger partial charge is 0.233 e. The first-order valence-electron chi connectivity index (χ1n) is 7.91. The zero-order chi connectivity index (χ0) is 15.1. The van der Waals surface area contributed by atoms with Gasteiger partial charge in [-0.2, -0.15) is 0 Å². The number of amides is 2. The predicted octanol–water partition coefficient (Wildman–Crippen LogP) is 2.01. The van der Waals surface area contributed by atoms with Crippen LogP contribution in [-0.2, 0) is 20.9 Å². The number of fused-ring (bicyclic) bond motifs is 5. The van der Waals surface area contributed by atoms with Gasteiger partial charge >= 0.3 is 0 Å². The van der Waals surface area contributed by atoms with E-state index in [9.17, 15) is 9.59 Å². The first-order chi connectivity index (χ1) is 10.8. The zero-order valence-corrected chi connectivity index (χ0v) is 12.4. The summed E-state index contributed by atoms with van der Waals surface area (Å²) in [6, 6.07) is 9.90. The van der Waals surface area contributed by atoms with Crippen LogP contribution in [0.15, 0.2) is 42.5 Å². The molecule has 1 aliphatic heterocycles. The van der Waals surface area contributed by atoms with Crippen molar-refractivity contribution in [3.05, 3.63) is 48.0 Å². The lowest BCUT2D eigenvalue weighted by molar-refractivity contribution is -0.141. The molecule has 2 bridgehead atoms. The Morgan fingerprint density at radius 1 is 1.00 bits per heavy atom. The number of likely N-dealkylation sites (tertiary alicyclic amines) is 1. The van der Waals surface area contributed by atoms with Crippen molar-refractivity contribution in [1.29, 1.82) is 0 Å². The van der Waals surface area contributed by atoms with Gasteiger partial charge in [0, 0.05) is 0 Å². The zero-order valence-electron chi connectivity index (χ0n) is 12.4. The van der Waals surface area contributed by atoms with Crippen molar-refractivity contribution in [2.24, 2.45) is 23.7 Å². The molecule has 22 heavy (non-hydrogen) atoms. The molecule has 4 unspecified atom stereocenters. The number of hydrogen-bond acceptors (Lipinski definition) is 3. The molecule has 0 spiro atoms. The number of carbonyl (C=O) groups excluding carboxylic acids is 2. The Balaban J connectivity index is 1.33. The van der Waals surface area contributed by atoms with Crippen molar-refractivity contribution in [2.75, 3.05) is 13.2 Å². The van der Waals surface area contributed by atoms with E-state index in [4.69, 9.17) is 4.74 Å². The second-order valence-electron chi connectivity index (χ2n) is 6.37. The van der Waals surface area contributed by atoms with E-state index < -0.39 is 0 Å². The summed E-state index contributed by atoms with van der Waals surface area (Å²) < 4.78 is 5.61. The summed E-state index contributed by atoms with van der Waals surface area (Å²) in [6.45, 7) is 1.28. The Kier molecular flexibility index (Phi) is 3.34. The molecule has 4 nitrogen and oxygen atoms in total. The summed E-state index contributed by atoms with van der Waals surface area (Å²) in [5.74, 6) is 0.377. The summed E-state index contributed by atoms with van der Waals surface area (Å²) in [4.78, 5) is 26.4. The van der Waals surface area contributed by atoms with E-state index in [1.54, 1.807) is 0 Å². The van der Waals surface area contributed by atoms with E-state index in [1.165, 1.54) is 4.90 Å². The van der Waals surface area contributed by atoms with Crippen LogP contribution in [0.4, 0.5) is 0 Å². The van der Waals surface area contributed by atoms with Gasteiger partial charge in [-0.3, -0.25) is 14.5 Å². The average Bonchev–Trinajstić information content (AvgIpc) is 3.21. The molecule has 4 heteroatoms. The van der Waals surface area contributed by atoms with E-state index in [0.29, 0.717) is 19.8 Å². The topological polar surface area (TPSA) is 46.6 Å². The number of allylic oxidation sites excluding steroid dienone is 2. The fourth-order valence-corrected chi connectivity index (χ4v) is 4.10. The number of ether oxygens (including phenoxy) is 1. The third-order valence-electron chi connectivity index (χ3n) is 5.13. The van der Waals surface area contributed by atoms with Gasteiger partial charge in [-0.05, 0) is 23.8 Å². The summed E-state index contributed by atoms with van der Waals surface area (Å²) in [6.07, 6.45) is 5.21. The molecule has 0 N–H and O–H groups in total. The fraction of sp³-hybridized carbons (Fsp3) is 0.444. The van der Waals surface area contributed by atoms with Gasteiger partial charge in [0.25, 0.3) is 0 Å². The average molecular weight is 297 g/mol. The second-order valence-corrected chi connectivity index (χ2v) is 6.37. The van der Waals surface area contributed by atoms with Crippen LogP contribution in [0, 0.1) is 23.7 Å². The van der Waals surface area contributed by atoms with E-state index >= 15 is 0 Å². The monoisotopic (exact) mass is 297 g/mol. The molecular weight excluding hydrogens is 278 g/mol. The molecule has 4 rings (SSSR count). The minimum absolute atomic E-state index is 0.00941. The van der Waals surface area contributed by atoms with E-state index in [0.717, 1.165) is 12.0 Å². The molecule has 1 aromatic carbocycles. The van der Waals surface area contributed by atoms with Gasteiger partial charge < -0.3 is 4.74 Å². The fourth-order valence-electron chi connectivity index (χ4n) is 4.10. The summed E-state index contributed by atoms with van der Waals surface area (Å²) in [5, 5.41) is 0. The Hall–Kier alpha value is -1.94. The Morgan fingerprint density at radius 3 is 2.27 bits per heavy atom. The summed E-state index contributed by atoms with van der Waals surface area (Å²) >= 11 is 0. The lowest BCUT2D eigenvalue weighted by atomic mass is 9.85. The van der Waals surface area contributed by atoms with Crippen LogP contribution in [0.2, 0.25) is 0 Å². The Labute approximate surface area is 129 Å². The van der Waals surface area contributed by atoms with Gasteiger partial charge in [0.1, 0.15) is 0 Å². The number of benzene rings is 1. The minimum atomic E-state index is -0.100. The molecule has 1 saturated heterocycles. The van der Waals surface area contributed by atoms with Crippen LogP contribution in [0.25, 0.3) is 0 Å².